The molecule has 2 rings (SSSR count). The van der Waals surface area contributed by atoms with E-state index in [2.05, 4.69) is 5.32 Å². The van der Waals surface area contributed by atoms with Gasteiger partial charge in [-0.15, -0.1) is 0 Å². The monoisotopic (exact) mass is 337 g/mol. The van der Waals surface area contributed by atoms with E-state index in [4.69, 9.17) is 25.9 Å². The van der Waals surface area contributed by atoms with Crippen LogP contribution in [0, 0.1) is 6.92 Å². The Morgan fingerprint density at radius 1 is 1.39 bits per heavy atom. The van der Waals surface area contributed by atoms with Crippen molar-refractivity contribution in [1.82, 2.24) is 0 Å². The van der Waals surface area contributed by atoms with Crippen molar-refractivity contribution in [1.29, 1.82) is 0 Å². The summed E-state index contributed by atoms with van der Waals surface area (Å²) in [5.74, 6) is -1.14. The molecule has 0 aliphatic carbocycles. The zero-order chi connectivity index (χ0) is 17.0. The first-order chi connectivity index (χ1) is 10.9. The van der Waals surface area contributed by atoms with Gasteiger partial charge in [0.25, 0.3) is 0 Å². The lowest BCUT2D eigenvalue weighted by molar-refractivity contribution is -0.146. The molecule has 7 heteroatoms. The summed E-state index contributed by atoms with van der Waals surface area (Å²) in [6, 6.07) is 8.41. The Morgan fingerprint density at radius 2 is 2.09 bits per heavy atom. The minimum Gasteiger partial charge on any atom is -0.478 e. The van der Waals surface area contributed by atoms with Crippen molar-refractivity contribution in [3.63, 3.8) is 0 Å². The summed E-state index contributed by atoms with van der Waals surface area (Å²) in [7, 11) is 0. The van der Waals surface area contributed by atoms with Gasteiger partial charge in [-0.25, -0.2) is 4.79 Å². The Hall–Kier alpha value is -2.47. The Kier molecular flexibility index (Phi) is 5.28. The average molecular weight is 338 g/mol. The molecule has 0 aliphatic heterocycles. The number of carboxylic acids is 1. The molecule has 2 aromatic rings. The number of hydrogen-bond acceptors (Lipinski definition) is 5. The minimum absolute atomic E-state index is 0.0371. The number of aryl methyl sites for hydroxylation is 1. The lowest BCUT2D eigenvalue weighted by Gasteiger charge is -2.16. The van der Waals surface area contributed by atoms with Crippen molar-refractivity contribution in [2.75, 3.05) is 5.32 Å². The number of carbonyl (C=O) groups is 2. The third kappa shape index (κ3) is 4.50. The largest absolute Gasteiger partial charge is 0.478 e. The molecule has 0 amide bonds. The molecular weight excluding hydrogens is 322 g/mol. The quantitative estimate of drug-likeness (QED) is 0.619. The van der Waals surface area contributed by atoms with Crippen LogP contribution >= 0.6 is 11.6 Å². The number of carbonyl (C=O) groups excluding carboxylic acids is 1. The molecule has 0 aliphatic rings. The van der Waals surface area contributed by atoms with Gasteiger partial charge in [-0.1, -0.05) is 23.7 Å². The maximum atomic E-state index is 11.9. The number of rotatable bonds is 6. The van der Waals surface area contributed by atoms with Crippen LogP contribution in [0.15, 0.2) is 34.7 Å². The number of aromatic carboxylic acids is 1. The maximum Gasteiger partial charge on any atom is 0.339 e. The second-order valence-electron chi connectivity index (χ2n) is 4.92. The second-order valence-corrected chi connectivity index (χ2v) is 5.33. The Labute approximate surface area is 138 Å². The van der Waals surface area contributed by atoms with Gasteiger partial charge < -0.3 is 19.6 Å². The number of anilines is 1. The van der Waals surface area contributed by atoms with Crippen molar-refractivity contribution in [3.05, 3.63) is 52.4 Å². The molecule has 1 atom stereocenters. The normalized spacial score (nSPS) is 11.8. The number of halogens is 1. The van der Waals surface area contributed by atoms with Gasteiger partial charge in [-0.2, -0.15) is 0 Å². The summed E-state index contributed by atoms with van der Waals surface area (Å²) in [5.41, 5.74) is 0.687. The van der Waals surface area contributed by atoms with Crippen LogP contribution in [0.4, 0.5) is 5.69 Å². The van der Waals surface area contributed by atoms with E-state index < -0.39 is 18.2 Å². The van der Waals surface area contributed by atoms with Gasteiger partial charge in [0.2, 0.25) is 0 Å². The first-order valence-corrected chi connectivity index (χ1v) is 7.27. The number of para-hydroxylation sites is 1. The van der Waals surface area contributed by atoms with Crippen LogP contribution in [0.1, 0.15) is 28.8 Å². The fourth-order valence-corrected chi connectivity index (χ4v) is 2.24. The lowest BCUT2D eigenvalue weighted by atomic mass is 10.2. The van der Waals surface area contributed by atoms with E-state index in [9.17, 15) is 9.59 Å². The van der Waals surface area contributed by atoms with Crippen molar-refractivity contribution in [3.8, 4) is 0 Å². The van der Waals surface area contributed by atoms with Gasteiger partial charge in [0.05, 0.1) is 10.7 Å². The number of ether oxygens (including phenoxy) is 1. The fourth-order valence-electron chi connectivity index (χ4n) is 2.05. The summed E-state index contributed by atoms with van der Waals surface area (Å²) < 4.78 is 10.4. The summed E-state index contributed by atoms with van der Waals surface area (Å²) >= 11 is 6.01. The van der Waals surface area contributed by atoms with E-state index in [1.165, 1.54) is 13.0 Å². The molecule has 0 saturated carbocycles. The molecule has 0 saturated heterocycles. The highest BCUT2D eigenvalue weighted by Gasteiger charge is 2.18. The van der Waals surface area contributed by atoms with E-state index >= 15 is 0 Å². The first-order valence-electron chi connectivity index (χ1n) is 6.90. The zero-order valence-corrected chi connectivity index (χ0v) is 13.4. The molecule has 0 radical (unpaired) electrons. The molecular formula is C16H16ClNO5. The Bertz CT molecular complexity index is 725. The van der Waals surface area contributed by atoms with Crippen molar-refractivity contribution in [2.45, 2.75) is 26.5 Å². The van der Waals surface area contributed by atoms with Crippen LogP contribution in [-0.2, 0) is 16.0 Å². The summed E-state index contributed by atoms with van der Waals surface area (Å²) in [6.07, 6.45) is -0.750. The third-order valence-corrected chi connectivity index (χ3v) is 3.39. The smallest absolute Gasteiger partial charge is 0.339 e. The number of esters is 1. The molecule has 0 bridgehead atoms. The average Bonchev–Trinajstić information content (AvgIpc) is 2.82. The highest BCUT2D eigenvalue weighted by molar-refractivity contribution is 6.33. The number of furan rings is 1. The lowest BCUT2D eigenvalue weighted by Crippen LogP contribution is -2.24. The molecule has 2 N–H and O–H groups in total. The topological polar surface area (TPSA) is 88.8 Å². The SMILES string of the molecule is Cc1oc(CC(=O)OC(C)Nc2ccccc2Cl)cc1C(=O)O. The van der Waals surface area contributed by atoms with Crippen LogP contribution in [0.2, 0.25) is 5.02 Å². The second kappa shape index (κ2) is 7.19. The highest BCUT2D eigenvalue weighted by Crippen LogP contribution is 2.21. The van der Waals surface area contributed by atoms with Crippen LogP contribution in [0.25, 0.3) is 0 Å². The summed E-state index contributed by atoms with van der Waals surface area (Å²) in [5, 5.41) is 12.4. The summed E-state index contributed by atoms with van der Waals surface area (Å²) in [6.45, 7) is 3.19. The van der Waals surface area contributed by atoms with E-state index in [1.54, 1.807) is 25.1 Å². The van der Waals surface area contributed by atoms with Gasteiger partial charge in [-0.3, -0.25) is 4.79 Å². The molecule has 1 heterocycles. The maximum absolute atomic E-state index is 11.9. The molecule has 1 aromatic heterocycles. The molecule has 122 valence electrons. The fraction of sp³-hybridized carbons (Fsp3) is 0.250. The zero-order valence-electron chi connectivity index (χ0n) is 12.6. The van der Waals surface area contributed by atoms with Crippen LogP contribution in [-0.4, -0.2) is 23.3 Å². The Morgan fingerprint density at radius 3 is 2.70 bits per heavy atom. The van der Waals surface area contributed by atoms with Gasteiger partial charge in [0.1, 0.15) is 23.5 Å². The van der Waals surface area contributed by atoms with Gasteiger partial charge in [0, 0.05) is 0 Å². The minimum atomic E-state index is -1.10. The molecule has 1 unspecified atom stereocenters. The molecule has 23 heavy (non-hydrogen) atoms. The molecule has 1 aromatic carbocycles. The van der Waals surface area contributed by atoms with Crippen LogP contribution in [0.5, 0.6) is 0 Å². The number of hydrogen-bond donors (Lipinski definition) is 2. The van der Waals surface area contributed by atoms with E-state index in [0.29, 0.717) is 10.7 Å². The van der Waals surface area contributed by atoms with Crippen LogP contribution < -0.4 is 5.32 Å². The van der Waals surface area contributed by atoms with Crippen LogP contribution in [0.3, 0.4) is 0 Å². The number of benzene rings is 1. The van der Waals surface area contributed by atoms with Crippen molar-refractivity contribution < 1.29 is 23.8 Å². The van der Waals surface area contributed by atoms with E-state index in [1.807, 2.05) is 6.07 Å². The number of nitrogens with one attached hydrogen (secondary N) is 1. The van der Waals surface area contributed by atoms with Gasteiger partial charge in [-0.05, 0) is 32.0 Å². The number of carboxylic acid groups (broad SMARTS) is 1. The van der Waals surface area contributed by atoms with Gasteiger partial charge in [0.15, 0.2) is 6.23 Å². The van der Waals surface area contributed by atoms with Crippen molar-refractivity contribution >= 4 is 29.2 Å². The van der Waals surface area contributed by atoms with Gasteiger partial charge >= 0.3 is 11.9 Å². The molecule has 0 spiro atoms. The molecule has 6 nitrogen and oxygen atoms in total. The van der Waals surface area contributed by atoms with E-state index in [-0.39, 0.29) is 23.5 Å². The third-order valence-electron chi connectivity index (χ3n) is 3.06. The standard InChI is InChI=1S/C16H16ClNO5/c1-9-12(16(20)21)7-11(22-9)8-15(19)23-10(2)18-14-6-4-3-5-13(14)17/h3-7,10,18H,8H2,1-2H3,(H,20,21). The summed E-state index contributed by atoms with van der Waals surface area (Å²) in [4.78, 5) is 22.8. The predicted molar refractivity (Wildman–Crippen MR) is 84.7 cm³/mol. The van der Waals surface area contributed by atoms with Crippen molar-refractivity contribution in [2.24, 2.45) is 0 Å². The molecule has 0 fully saturated rings. The van der Waals surface area contributed by atoms with E-state index in [0.717, 1.165) is 0 Å². The first kappa shape index (κ1) is 16.9. The Balaban J connectivity index is 1.93. The predicted octanol–water partition coefficient (Wildman–Crippen LogP) is 3.48. The highest BCUT2D eigenvalue weighted by atomic mass is 35.5.